The Bertz CT molecular complexity index is 522. The first-order valence-corrected chi connectivity index (χ1v) is 8.04. The monoisotopic (exact) mass is 304 g/mol. The van der Waals surface area contributed by atoms with Gasteiger partial charge in [-0.2, -0.15) is 0 Å². The molecule has 2 N–H and O–H groups in total. The molecule has 2 fully saturated rings. The van der Waals surface area contributed by atoms with Crippen molar-refractivity contribution in [3.8, 4) is 0 Å². The largest absolute Gasteiger partial charge is 0.469 e. The van der Waals surface area contributed by atoms with Crippen LogP contribution in [0.15, 0.2) is 27.8 Å². The summed E-state index contributed by atoms with van der Waals surface area (Å²) < 4.78 is 5.33. The number of nitrogens with zero attached hydrogens (tertiary/aromatic N) is 2. The molecule has 0 spiro atoms. The van der Waals surface area contributed by atoms with Gasteiger partial charge in [0.1, 0.15) is 5.76 Å². The van der Waals surface area contributed by atoms with Gasteiger partial charge in [0.05, 0.1) is 6.26 Å². The standard InChI is InChI=1S/C16H24N4O2/c1-20-11-13(6-7-15(20)21)19-16(18-12-4-5-12)17-9-8-14-3-2-10-22-14/h2-3,10,12-13H,4-9,11H2,1H3,(H2,17,18,19). The van der Waals surface area contributed by atoms with Crippen LogP contribution in [0.3, 0.4) is 0 Å². The summed E-state index contributed by atoms with van der Waals surface area (Å²) in [4.78, 5) is 18.0. The lowest BCUT2D eigenvalue weighted by atomic mass is 10.1. The summed E-state index contributed by atoms with van der Waals surface area (Å²) in [5.74, 6) is 2.05. The van der Waals surface area contributed by atoms with E-state index in [1.807, 2.05) is 19.2 Å². The van der Waals surface area contributed by atoms with Crippen molar-refractivity contribution in [1.82, 2.24) is 15.5 Å². The van der Waals surface area contributed by atoms with Crippen molar-refractivity contribution in [3.05, 3.63) is 24.2 Å². The van der Waals surface area contributed by atoms with Crippen molar-refractivity contribution < 1.29 is 9.21 Å². The molecule has 0 aromatic carbocycles. The molecule has 1 amide bonds. The number of guanidine groups is 1. The molecule has 0 bridgehead atoms. The highest BCUT2D eigenvalue weighted by Crippen LogP contribution is 2.18. The summed E-state index contributed by atoms with van der Waals surface area (Å²) in [6, 6.07) is 4.70. The molecule has 2 aliphatic rings. The summed E-state index contributed by atoms with van der Waals surface area (Å²) >= 11 is 0. The second-order valence-corrected chi connectivity index (χ2v) is 6.13. The van der Waals surface area contributed by atoms with Gasteiger partial charge in [-0.1, -0.05) is 0 Å². The molecule has 22 heavy (non-hydrogen) atoms. The number of piperidine rings is 1. The predicted octanol–water partition coefficient (Wildman–Crippen LogP) is 1.14. The Labute approximate surface area is 131 Å². The Hall–Kier alpha value is -1.98. The van der Waals surface area contributed by atoms with Gasteiger partial charge in [-0.05, 0) is 31.4 Å². The number of likely N-dealkylation sites (N-methyl/N-ethyl adjacent to an activating group) is 1. The Morgan fingerprint density at radius 2 is 2.18 bits per heavy atom. The molecular formula is C16H24N4O2. The minimum atomic E-state index is 0.226. The van der Waals surface area contributed by atoms with Gasteiger partial charge in [-0.15, -0.1) is 0 Å². The van der Waals surface area contributed by atoms with Gasteiger partial charge in [0.15, 0.2) is 5.96 Å². The van der Waals surface area contributed by atoms with Crippen LogP contribution in [0.4, 0.5) is 0 Å². The smallest absolute Gasteiger partial charge is 0.222 e. The number of amides is 1. The number of likely N-dealkylation sites (tertiary alicyclic amines) is 1. The maximum atomic E-state index is 11.6. The van der Waals surface area contributed by atoms with Crippen LogP contribution in [-0.4, -0.2) is 49.0 Å². The molecule has 2 heterocycles. The van der Waals surface area contributed by atoms with Crippen LogP contribution in [-0.2, 0) is 11.2 Å². The zero-order chi connectivity index (χ0) is 15.4. The zero-order valence-corrected chi connectivity index (χ0v) is 13.0. The first kappa shape index (κ1) is 14.9. The van der Waals surface area contributed by atoms with E-state index in [1.54, 1.807) is 11.2 Å². The van der Waals surface area contributed by atoms with Crippen LogP contribution in [0.2, 0.25) is 0 Å². The molecule has 1 saturated carbocycles. The van der Waals surface area contributed by atoms with Gasteiger partial charge in [0.2, 0.25) is 5.91 Å². The van der Waals surface area contributed by atoms with Crippen molar-refractivity contribution in [2.75, 3.05) is 20.1 Å². The molecule has 1 atom stereocenters. The van der Waals surface area contributed by atoms with Crippen molar-refractivity contribution in [3.63, 3.8) is 0 Å². The van der Waals surface area contributed by atoms with E-state index in [4.69, 9.17) is 4.42 Å². The number of furan rings is 1. The molecule has 1 aliphatic heterocycles. The SMILES string of the molecule is CN1CC(NC(=NCCc2ccco2)NC2CC2)CCC1=O. The molecule has 1 aliphatic carbocycles. The number of carbonyl (C=O) groups excluding carboxylic acids is 1. The fourth-order valence-corrected chi connectivity index (χ4v) is 2.61. The molecule has 6 nitrogen and oxygen atoms in total. The average molecular weight is 304 g/mol. The third-order valence-electron chi connectivity index (χ3n) is 4.09. The predicted molar refractivity (Wildman–Crippen MR) is 84.7 cm³/mol. The normalized spacial score (nSPS) is 22.8. The van der Waals surface area contributed by atoms with Crippen LogP contribution in [0.25, 0.3) is 0 Å². The Balaban J connectivity index is 1.53. The number of aliphatic imine (C=N–C) groups is 1. The molecule has 1 aromatic rings. The number of carbonyl (C=O) groups is 1. The van der Waals surface area contributed by atoms with Gasteiger partial charge < -0.3 is 20.0 Å². The Morgan fingerprint density at radius 3 is 2.86 bits per heavy atom. The fraction of sp³-hybridized carbons (Fsp3) is 0.625. The van der Waals surface area contributed by atoms with Crippen LogP contribution in [0, 0.1) is 0 Å². The maximum Gasteiger partial charge on any atom is 0.222 e. The lowest BCUT2D eigenvalue weighted by molar-refractivity contribution is -0.132. The first-order chi connectivity index (χ1) is 10.7. The molecular weight excluding hydrogens is 280 g/mol. The quantitative estimate of drug-likeness (QED) is 0.632. The third kappa shape index (κ3) is 4.26. The highest BCUT2D eigenvalue weighted by molar-refractivity contribution is 5.81. The van der Waals surface area contributed by atoms with Gasteiger partial charge in [0.25, 0.3) is 0 Å². The molecule has 6 heteroatoms. The molecule has 120 valence electrons. The first-order valence-electron chi connectivity index (χ1n) is 8.04. The minimum Gasteiger partial charge on any atom is -0.469 e. The lowest BCUT2D eigenvalue weighted by Crippen LogP contribution is -2.52. The molecule has 1 unspecified atom stereocenters. The minimum absolute atomic E-state index is 0.226. The van der Waals surface area contributed by atoms with Crippen molar-refractivity contribution in [2.24, 2.45) is 4.99 Å². The number of hydrogen-bond acceptors (Lipinski definition) is 3. The topological polar surface area (TPSA) is 69.9 Å². The highest BCUT2D eigenvalue weighted by Gasteiger charge is 2.26. The van der Waals surface area contributed by atoms with E-state index >= 15 is 0 Å². The van der Waals surface area contributed by atoms with E-state index in [9.17, 15) is 4.79 Å². The lowest BCUT2D eigenvalue weighted by Gasteiger charge is -2.31. The Morgan fingerprint density at radius 1 is 1.36 bits per heavy atom. The van der Waals surface area contributed by atoms with Gasteiger partial charge in [0, 0.05) is 45.1 Å². The number of nitrogens with one attached hydrogen (secondary N) is 2. The van der Waals surface area contributed by atoms with Crippen LogP contribution in [0.1, 0.15) is 31.4 Å². The summed E-state index contributed by atoms with van der Waals surface area (Å²) in [7, 11) is 1.86. The molecule has 3 rings (SSSR count). The molecule has 1 saturated heterocycles. The summed E-state index contributed by atoms with van der Waals surface area (Å²) in [5, 5.41) is 6.92. The summed E-state index contributed by atoms with van der Waals surface area (Å²) in [6.45, 7) is 1.43. The maximum absolute atomic E-state index is 11.6. The number of rotatable bonds is 5. The van der Waals surface area contributed by atoms with E-state index in [1.165, 1.54) is 12.8 Å². The van der Waals surface area contributed by atoms with E-state index in [2.05, 4.69) is 15.6 Å². The fourth-order valence-electron chi connectivity index (χ4n) is 2.61. The second kappa shape index (κ2) is 6.85. The van der Waals surface area contributed by atoms with Gasteiger partial charge in [-0.25, -0.2) is 0 Å². The van der Waals surface area contributed by atoms with Gasteiger partial charge in [-0.3, -0.25) is 9.79 Å². The van der Waals surface area contributed by atoms with Crippen molar-refractivity contribution in [1.29, 1.82) is 0 Å². The second-order valence-electron chi connectivity index (χ2n) is 6.13. The zero-order valence-electron chi connectivity index (χ0n) is 13.0. The average Bonchev–Trinajstić information content (AvgIpc) is 3.15. The van der Waals surface area contributed by atoms with Crippen molar-refractivity contribution >= 4 is 11.9 Å². The summed E-state index contributed by atoms with van der Waals surface area (Å²) in [6.07, 6.45) is 6.39. The van der Waals surface area contributed by atoms with Crippen molar-refractivity contribution in [2.45, 2.75) is 44.2 Å². The van der Waals surface area contributed by atoms with E-state index < -0.39 is 0 Å². The number of hydrogen-bond donors (Lipinski definition) is 2. The van der Waals surface area contributed by atoms with Crippen LogP contribution in [0.5, 0.6) is 0 Å². The van der Waals surface area contributed by atoms with Gasteiger partial charge >= 0.3 is 0 Å². The van der Waals surface area contributed by atoms with Crippen LogP contribution >= 0.6 is 0 Å². The highest BCUT2D eigenvalue weighted by atomic mass is 16.3. The third-order valence-corrected chi connectivity index (χ3v) is 4.09. The van der Waals surface area contributed by atoms with E-state index in [0.717, 1.165) is 31.1 Å². The molecule has 1 aromatic heterocycles. The van der Waals surface area contributed by atoms with E-state index in [-0.39, 0.29) is 11.9 Å². The van der Waals surface area contributed by atoms with E-state index in [0.29, 0.717) is 19.0 Å². The Kier molecular flexibility index (Phi) is 4.65. The van der Waals surface area contributed by atoms with Crippen LogP contribution < -0.4 is 10.6 Å². The summed E-state index contributed by atoms with van der Waals surface area (Å²) in [5.41, 5.74) is 0. The molecule has 0 radical (unpaired) electrons.